The van der Waals surface area contributed by atoms with Crippen LogP contribution in [0.4, 0.5) is 14.6 Å². The topological polar surface area (TPSA) is 107 Å². The minimum Gasteiger partial charge on any atom is -0.480 e. The van der Waals surface area contributed by atoms with Crippen LogP contribution in [-0.4, -0.2) is 49.3 Å². The number of halogens is 3. The summed E-state index contributed by atoms with van der Waals surface area (Å²) in [4.78, 5) is 26.9. The van der Waals surface area contributed by atoms with Crippen LogP contribution in [0.3, 0.4) is 0 Å². The van der Waals surface area contributed by atoms with Gasteiger partial charge in [0.1, 0.15) is 23.2 Å². The maximum atomic E-state index is 13.9. The molecule has 0 radical (unpaired) electrons. The number of rotatable bonds is 6. The molecule has 218 valence electrons. The Morgan fingerprint density at radius 3 is 2.71 bits per heavy atom. The number of carboxylic acid groups (broad SMARTS) is 1. The minimum absolute atomic E-state index is 0.00227. The number of para-hydroxylation sites is 2. The van der Waals surface area contributed by atoms with Crippen molar-refractivity contribution in [2.24, 2.45) is 5.92 Å². The van der Waals surface area contributed by atoms with E-state index in [4.69, 9.17) is 25.7 Å². The molecule has 3 aromatic heterocycles. The predicted octanol–water partition coefficient (Wildman–Crippen LogP) is 7.18. The lowest BCUT2D eigenvalue weighted by atomic mass is 9.85. The molecule has 5 aromatic rings. The highest BCUT2D eigenvalue weighted by atomic mass is 35.5. The summed E-state index contributed by atoms with van der Waals surface area (Å²) in [6.07, 6.45) is 0.754. The van der Waals surface area contributed by atoms with Crippen LogP contribution in [-0.2, 0) is 4.79 Å². The zero-order valence-electron chi connectivity index (χ0n) is 22.7. The molecule has 4 heterocycles. The summed E-state index contributed by atoms with van der Waals surface area (Å²) >= 11 is 6.67. The van der Waals surface area contributed by atoms with Crippen LogP contribution in [0.5, 0.6) is 6.01 Å². The lowest BCUT2D eigenvalue weighted by Gasteiger charge is -2.31. The number of nitrogens with zero attached hydrogens (tertiary/aromatic N) is 5. The standard InChI is InChI=1S/C30H28ClF2N5O4/c1-15-7-2-4-11-20(15)38-24-18(31)9-6-10-19(24)34-30(38)41-16-13-21(29(39)40)37(14-16)28-25-23(35-27(36-28)26(32)33)17-8-3-5-12-22(17)42-25/h3,5-6,8-10,12,15-16,20-21,26H,2,4,7,11,13-14H2,1H3,(H,39,40)/t15-,16-,20-,21-/m0/s1. The third-order valence-electron chi connectivity index (χ3n) is 8.53. The minimum atomic E-state index is -2.96. The molecule has 0 unspecified atom stereocenters. The van der Waals surface area contributed by atoms with Gasteiger partial charge in [-0.05, 0) is 43.0 Å². The highest BCUT2D eigenvalue weighted by Gasteiger charge is 2.42. The molecule has 0 amide bonds. The number of alkyl halides is 2. The van der Waals surface area contributed by atoms with Gasteiger partial charge in [-0.3, -0.25) is 4.57 Å². The van der Waals surface area contributed by atoms with Crippen molar-refractivity contribution in [2.75, 3.05) is 11.4 Å². The maximum Gasteiger partial charge on any atom is 0.326 e. The molecule has 1 saturated heterocycles. The van der Waals surface area contributed by atoms with E-state index >= 15 is 0 Å². The number of hydrogen-bond acceptors (Lipinski definition) is 7. The fourth-order valence-corrected chi connectivity index (χ4v) is 6.80. The van der Waals surface area contributed by atoms with E-state index in [2.05, 4.69) is 21.5 Å². The van der Waals surface area contributed by atoms with Crippen LogP contribution in [0, 0.1) is 5.92 Å². The average molecular weight is 596 g/mol. The zero-order valence-corrected chi connectivity index (χ0v) is 23.5. The molecule has 7 rings (SSSR count). The van der Waals surface area contributed by atoms with Crippen LogP contribution in [0.1, 0.15) is 57.3 Å². The number of aromatic nitrogens is 4. The van der Waals surface area contributed by atoms with Gasteiger partial charge in [0.15, 0.2) is 17.2 Å². The van der Waals surface area contributed by atoms with Crippen LogP contribution < -0.4 is 9.64 Å². The van der Waals surface area contributed by atoms with Gasteiger partial charge in [0.05, 0.1) is 22.6 Å². The first-order valence-corrected chi connectivity index (χ1v) is 14.5. The van der Waals surface area contributed by atoms with Crippen LogP contribution in [0.2, 0.25) is 5.02 Å². The summed E-state index contributed by atoms with van der Waals surface area (Å²) in [6.45, 7) is 2.28. The van der Waals surface area contributed by atoms with Gasteiger partial charge in [0, 0.05) is 17.8 Å². The van der Waals surface area contributed by atoms with Gasteiger partial charge < -0.3 is 19.2 Å². The summed E-state index contributed by atoms with van der Waals surface area (Å²) in [6, 6.07) is 11.9. The Morgan fingerprint density at radius 1 is 1.12 bits per heavy atom. The number of carboxylic acids is 1. The Bertz CT molecular complexity index is 1820. The maximum absolute atomic E-state index is 13.9. The molecule has 1 aliphatic heterocycles. The molecule has 12 heteroatoms. The SMILES string of the molecule is C[C@H]1CCCC[C@@H]1n1c(O[C@H]2C[C@@H](C(=O)O)N(c3nc(C(F)F)nc4c3oc3ccccc34)C2)nc2cccc(Cl)c21. The van der Waals surface area contributed by atoms with E-state index in [-0.39, 0.29) is 35.9 Å². The molecule has 0 bridgehead atoms. The van der Waals surface area contributed by atoms with E-state index in [1.807, 2.05) is 18.2 Å². The lowest BCUT2D eigenvalue weighted by molar-refractivity contribution is -0.138. The van der Waals surface area contributed by atoms with Crippen LogP contribution >= 0.6 is 11.6 Å². The van der Waals surface area contributed by atoms with Gasteiger partial charge in [-0.2, -0.15) is 4.98 Å². The lowest BCUT2D eigenvalue weighted by Crippen LogP contribution is -2.37. The highest BCUT2D eigenvalue weighted by Crippen LogP contribution is 2.42. The number of ether oxygens (including phenoxy) is 1. The average Bonchev–Trinajstić information content (AvgIpc) is 3.67. The Labute approximate surface area is 244 Å². The molecule has 1 N–H and O–H groups in total. The third kappa shape index (κ3) is 4.41. The Hall–Kier alpha value is -3.99. The van der Waals surface area contributed by atoms with E-state index < -0.39 is 30.4 Å². The Morgan fingerprint density at radius 2 is 1.93 bits per heavy atom. The van der Waals surface area contributed by atoms with E-state index in [0.717, 1.165) is 31.2 Å². The summed E-state index contributed by atoms with van der Waals surface area (Å²) in [5.41, 5.74) is 2.30. The van der Waals surface area contributed by atoms with E-state index in [1.165, 1.54) is 4.90 Å². The van der Waals surface area contributed by atoms with Gasteiger partial charge >= 0.3 is 5.97 Å². The predicted molar refractivity (Wildman–Crippen MR) is 153 cm³/mol. The second kappa shape index (κ2) is 10.4. The van der Waals surface area contributed by atoms with Crippen molar-refractivity contribution in [3.8, 4) is 6.01 Å². The second-order valence-corrected chi connectivity index (χ2v) is 11.6. The van der Waals surface area contributed by atoms with Gasteiger partial charge in [-0.25, -0.2) is 23.5 Å². The van der Waals surface area contributed by atoms with Crippen molar-refractivity contribution < 1.29 is 27.8 Å². The molecular formula is C30H28ClF2N5O4. The smallest absolute Gasteiger partial charge is 0.326 e. The second-order valence-electron chi connectivity index (χ2n) is 11.2. The Kier molecular flexibility index (Phi) is 6.64. The number of fused-ring (bicyclic) bond motifs is 4. The molecule has 2 fully saturated rings. The molecule has 2 aromatic carbocycles. The van der Waals surface area contributed by atoms with E-state index in [0.29, 0.717) is 33.4 Å². The van der Waals surface area contributed by atoms with Gasteiger partial charge in [-0.1, -0.05) is 49.6 Å². The van der Waals surface area contributed by atoms with Crippen molar-refractivity contribution >= 4 is 56.5 Å². The van der Waals surface area contributed by atoms with Crippen molar-refractivity contribution in [1.82, 2.24) is 19.5 Å². The number of hydrogen-bond donors (Lipinski definition) is 1. The Balaban J connectivity index is 1.30. The monoisotopic (exact) mass is 595 g/mol. The summed E-state index contributed by atoms with van der Waals surface area (Å²) in [7, 11) is 0. The number of imidazole rings is 1. The zero-order chi connectivity index (χ0) is 29.1. The van der Waals surface area contributed by atoms with Crippen molar-refractivity contribution in [1.29, 1.82) is 0 Å². The van der Waals surface area contributed by atoms with E-state index in [9.17, 15) is 18.7 Å². The first-order valence-electron chi connectivity index (χ1n) is 14.1. The number of carbonyl (C=O) groups is 1. The van der Waals surface area contributed by atoms with Crippen LogP contribution in [0.25, 0.3) is 33.1 Å². The van der Waals surface area contributed by atoms with Gasteiger partial charge in [0.25, 0.3) is 12.4 Å². The number of furan rings is 1. The van der Waals surface area contributed by atoms with Crippen molar-refractivity contribution in [2.45, 2.75) is 63.6 Å². The normalized spacial score (nSPS) is 23.0. The number of aliphatic carboxylic acids is 1. The largest absolute Gasteiger partial charge is 0.480 e. The fraction of sp³-hybridized carbons (Fsp3) is 0.400. The summed E-state index contributed by atoms with van der Waals surface area (Å²) < 4.78 is 42.4. The third-order valence-corrected chi connectivity index (χ3v) is 8.84. The molecule has 1 saturated carbocycles. The number of benzene rings is 2. The first kappa shape index (κ1) is 26.9. The fourth-order valence-electron chi connectivity index (χ4n) is 6.54. The molecule has 1 aliphatic carbocycles. The summed E-state index contributed by atoms with van der Waals surface area (Å²) in [5, 5.41) is 11.3. The number of anilines is 1. The molecular weight excluding hydrogens is 568 g/mol. The van der Waals surface area contributed by atoms with Crippen molar-refractivity contribution in [3.05, 3.63) is 53.3 Å². The molecule has 9 nitrogen and oxygen atoms in total. The highest BCUT2D eigenvalue weighted by molar-refractivity contribution is 6.35. The summed E-state index contributed by atoms with van der Waals surface area (Å²) in [5.74, 6) is -1.44. The van der Waals surface area contributed by atoms with Gasteiger partial charge in [-0.15, -0.1) is 0 Å². The molecule has 42 heavy (non-hydrogen) atoms. The first-order chi connectivity index (χ1) is 20.3. The molecule has 2 aliphatic rings. The van der Waals surface area contributed by atoms with E-state index in [1.54, 1.807) is 24.3 Å². The quantitative estimate of drug-likeness (QED) is 0.220. The van der Waals surface area contributed by atoms with Gasteiger partial charge in [0.2, 0.25) is 0 Å². The molecule has 4 atom stereocenters. The molecule has 0 spiro atoms. The van der Waals surface area contributed by atoms with Crippen molar-refractivity contribution in [3.63, 3.8) is 0 Å². The van der Waals surface area contributed by atoms with Crippen LogP contribution in [0.15, 0.2) is 46.9 Å².